The van der Waals surface area contributed by atoms with Crippen LogP contribution in [0.15, 0.2) is 18.3 Å². The van der Waals surface area contributed by atoms with Gasteiger partial charge in [0.1, 0.15) is 5.82 Å². The maximum Gasteiger partial charge on any atom is 0.224 e. The Morgan fingerprint density at radius 3 is 2.84 bits per heavy atom. The number of hydrogen-bond acceptors (Lipinski definition) is 7. The highest BCUT2D eigenvalue weighted by molar-refractivity contribution is 5.53. The van der Waals surface area contributed by atoms with Crippen molar-refractivity contribution in [3.8, 4) is 0 Å². The number of nitrogens with zero attached hydrogens (tertiary/aromatic N) is 3. The molecule has 2 aromatic heterocycles. The highest BCUT2D eigenvalue weighted by Gasteiger charge is 2.21. The molecule has 4 rings (SSSR count). The second-order valence-corrected chi connectivity index (χ2v) is 6.92. The van der Waals surface area contributed by atoms with Crippen LogP contribution in [0.3, 0.4) is 0 Å². The minimum absolute atomic E-state index is 0.339. The summed E-state index contributed by atoms with van der Waals surface area (Å²) >= 11 is 0. The van der Waals surface area contributed by atoms with Gasteiger partial charge in [-0.1, -0.05) is 0 Å². The first-order valence-corrected chi connectivity index (χ1v) is 9.01. The Hall–Kier alpha value is -2.19. The number of ether oxygens (including phenoxy) is 1. The van der Waals surface area contributed by atoms with Gasteiger partial charge >= 0.3 is 0 Å². The van der Waals surface area contributed by atoms with Crippen LogP contribution in [-0.2, 0) is 4.74 Å². The molecule has 8 heteroatoms. The summed E-state index contributed by atoms with van der Waals surface area (Å²) < 4.78 is 5.43. The summed E-state index contributed by atoms with van der Waals surface area (Å²) in [5.41, 5.74) is 7.06. The number of aromatic amines is 1. The molecule has 0 radical (unpaired) electrons. The molecule has 2 aliphatic rings. The number of aromatic nitrogens is 4. The molecule has 1 aliphatic heterocycles. The minimum atomic E-state index is 0.339. The third-order valence-corrected chi connectivity index (χ3v) is 4.98. The first kappa shape index (κ1) is 16.3. The SMILES string of the molecule is NC1CCC(Nc2nccc(Nc3cc(C4CCOC4)[nH]n3)n2)CC1. The van der Waals surface area contributed by atoms with E-state index in [9.17, 15) is 0 Å². The lowest BCUT2D eigenvalue weighted by molar-refractivity contribution is 0.193. The van der Waals surface area contributed by atoms with E-state index >= 15 is 0 Å². The first-order valence-electron chi connectivity index (χ1n) is 9.01. The Bertz CT molecular complexity index is 690. The van der Waals surface area contributed by atoms with Gasteiger partial charge in [-0.25, -0.2) is 4.98 Å². The van der Waals surface area contributed by atoms with E-state index in [4.69, 9.17) is 10.5 Å². The Morgan fingerprint density at radius 1 is 1.16 bits per heavy atom. The quantitative estimate of drug-likeness (QED) is 0.657. The molecule has 0 bridgehead atoms. The van der Waals surface area contributed by atoms with Crippen LogP contribution >= 0.6 is 0 Å². The number of nitrogens with two attached hydrogens (primary N) is 1. The van der Waals surface area contributed by atoms with E-state index in [1.807, 2.05) is 12.1 Å². The van der Waals surface area contributed by atoms with Gasteiger partial charge in [0, 0.05) is 42.6 Å². The van der Waals surface area contributed by atoms with Crippen LogP contribution in [0.5, 0.6) is 0 Å². The summed E-state index contributed by atoms with van der Waals surface area (Å²) in [5.74, 6) is 2.54. The molecule has 2 fully saturated rings. The molecule has 134 valence electrons. The predicted molar refractivity (Wildman–Crippen MR) is 95.9 cm³/mol. The van der Waals surface area contributed by atoms with Crippen LogP contribution in [-0.4, -0.2) is 45.5 Å². The normalized spacial score (nSPS) is 26.5. The third-order valence-electron chi connectivity index (χ3n) is 4.98. The smallest absolute Gasteiger partial charge is 0.224 e. The molecule has 25 heavy (non-hydrogen) atoms. The van der Waals surface area contributed by atoms with Crippen LogP contribution in [0.2, 0.25) is 0 Å². The zero-order chi connectivity index (χ0) is 17.1. The highest BCUT2D eigenvalue weighted by atomic mass is 16.5. The summed E-state index contributed by atoms with van der Waals surface area (Å²) in [6.07, 6.45) is 7.02. The van der Waals surface area contributed by atoms with E-state index in [1.165, 1.54) is 0 Å². The molecule has 0 amide bonds. The summed E-state index contributed by atoms with van der Waals surface area (Å²) in [7, 11) is 0. The lowest BCUT2D eigenvalue weighted by Gasteiger charge is -2.26. The first-order chi connectivity index (χ1) is 12.3. The van der Waals surface area contributed by atoms with Crippen LogP contribution in [0.25, 0.3) is 0 Å². The molecule has 1 saturated carbocycles. The van der Waals surface area contributed by atoms with Gasteiger partial charge in [0.2, 0.25) is 5.95 Å². The topological polar surface area (TPSA) is 114 Å². The van der Waals surface area contributed by atoms with Crippen molar-refractivity contribution < 1.29 is 4.74 Å². The molecule has 1 unspecified atom stereocenters. The van der Waals surface area contributed by atoms with Crippen molar-refractivity contribution in [2.45, 2.75) is 50.1 Å². The third kappa shape index (κ3) is 4.08. The molecule has 5 N–H and O–H groups in total. The average Bonchev–Trinajstić information content (AvgIpc) is 3.29. The average molecular weight is 343 g/mol. The molecule has 0 aromatic carbocycles. The second kappa shape index (κ2) is 7.37. The zero-order valence-electron chi connectivity index (χ0n) is 14.2. The van der Waals surface area contributed by atoms with E-state index in [0.717, 1.165) is 62.6 Å². The molecule has 0 spiro atoms. The van der Waals surface area contributed by atoms with Crippen molar-refractivity contribution in [1.82, 2.24) is 20.2 Å². The van der Waals surface area contributed by atoms with Gasteiger partial charge in [0.15, 0.2) is 5.82 Å². The van der Waals surface area contributed by atoms with Gasteiger partial charge < -0.3 is 21.1 Å². The number of H-pyrrole nitrogens is 1. The van der Waals surface area contributed by atoms with Crippen LogP contribution in [0.4, 0.5) is 17.6 Å². The van der Waals surface area contributed by atoms with Crippen molar-refractivity contribution in [2.24, 2.45) is 5.73 Å². The Balaban J connectivity index is 1.38. The number of hydrogen-bond donors (Lipinski definition) is 4. The van der Waals surface area contributed by atoms with Crippen molar-refractivity contribution >= 4 is 17.6 Å². The molecule has 3 heterocycles. The van der Waals surface area contributed by atoms with Gasteiger partial charge in [-0.3, -0.25) is 5.10 Å². The predicted octanol–water partition coefficient (Wildman–Crippen LogP) is 2.13. The highest BCUT2D eigenvalue weighted by Crippen LogP contribution is 2.26. The zero-order valence-corrected chi connectivity index (χ0v) is 14.2. The molecule has 1 atom stereocenters. The largest absolute Gasteiger partial charge is 0.381 e. The summed E-state index contributed by atoms with van der Waals surface area (Å²) in [6, 6.07) is 4.60. The Labute approximate surface area is 147 Å². The fraction of sp³-hybridized carbons (Fsp3) is 0.588. The van der Waals surface area contributed by atoms with Crippen molar-refractivity contribution in [1.29, 1.82) is 0 Å². The lowest BCUT2D eigenvalue weighted by Crippen LogP contribution is -2.33. The van der Waals surface area contributed by atoms with Gasteiger partial charge in [-0.15, -0.1) is 0 Å². The molecule has 2 aromatic rings. The van der Waals surface area contributed by atoms with Crippen LogP contribution in [0.1, 0.15) is 43.7 Å². The van der Waals surface area contributed by atoms with Crippen molar-refractivity contribution in [2.75, 3.05) is 23.8 Å². The van der Waals surface area contributed by atoms with E-state index in [0.29, 0.717) is 23.9 Å². The van der Waals surface area contributed by atoms with Gasteiger partial charge in [-0.2, -0.15) is 10.1 Å². The second-order valence-electron chi connectivity index (χ2n) is 6.92. The van der Waals surface area contributed by atoms with E-state index < -0.39 is 0 Å². The summed E-state index contributed by atoms with van der Waals surface area (Å²) in [4.78, 5) is 8.87. The molecular formula is C17H25N7O. The molecular weight excluding hydrogens is 318 g/mol. The number of nitrogens with one attached hydrogen (secondary N) is 3. The van der Waals surface area contributed by atoms with Crippen LogP contribution < -0.4 is 16.4 Å². The monoisotopic (exact) mass is 343 g/mol. The van der Waals surface area contributed by atoms with Crippen LogP contribution in [0, 0.1) is 0 Å². The van der Waals surface area contributed by atoms with Gasteiger partial charge in [-0.05, 0) is 38.2 Å². The van der Waals surface area contributed by atoms with E-state index in [1.54, 1.807) is 6.20 Å². The fourth-order valence-corrected chi connectivity index (χ4v) is 3.46. The van der Waals surface area contributed by atoms with Gasteiger partial charge in [0.05, 0.1) is 6.61 Å². The lowest BCUT2D eigenvalue weighted by atomic mass is 9.92. The summed E-state index contributed by atoms with van der Waals surface area (Å²) in [5, 5.41) is 14.1. The molecule has 8 nitrogen and oxygen atoms in total. The standard InChI is InChI=1S/C17H25N7O/c18-12-1-3-13(4-2-12)20-17-19-7-5-15(22-17)21-16-9-14(23-24-16)11-6-8-25-10-11/h5,7,9,11-13H,1-4,6,8,10,18H2,(H3,19,20,21,22,23,24). The molecule has 1 saturated heterocycles. The molecule has 1 aliphatic carbocycles. The van der Waals surface area contributed by atoms with E-state index in [-0.39, 0.29) is 0 Å². The van der Waals surface area contributed by atoms with E-state index in [2.05, 4.69) is 30.8 Å². The Kier molecular flexibility index (Phi) is 4.80. The van der Waals surface area contributed by atoms with Crippen molar-refractivity contribution in [3.63, 3.8) is 0 Å². The minimum Gasteiger partial charge on any atom is -0.381 e. The van der Waals surface area contributed by atoms with Gasteiger partial charge in [0.25, 0.3) is 0 Å². The maximum atomic E-state index is 5.96. The number of rotatable bonds is 5. The number of anilines is 3. The summed E-state index contributed by atoms with van der Waals surface area (Å²) in [6.45, 7) is 1.58. The van der Waals surface area contributed by atoms with Crippen molar-refractivity contribution in [3.05, 3.63) is 24.0 Å². The fourth-order valence-electron chi connectivity index (χ4n) is 3.46. The Morgan fingerprint density at radius 2 is 2.04 bits per heavy atom. The maximum absolute atomic E-state index is 5.96.